The van der Waals surface area contributed by atoms with Crippen LogP contribution in [0.4, 0.5) is 0 Å². The highest BCUT2D eigenvalue weighted by atomic mass is 127. The van der Waals surface area contributed by atoms with E-state index in [0.717, 1.165) is 32.0 Å². The molecule has 2 atom stereocenters. The van der Waals surface area contributed by atoms with Gasteiger partial charge in [-0.3, -0.25) is 4.79 Å². The predicted molar refractivity (Wildman–Crippen MR) is 107 cm³/mol. The summed E-state index contributed by atoms with van der Waals surface area (Å²) < 4.78 is 27.9. The lowest BCUT2D eigenvalue weighted by Crippen LogP contribution is -2.23. The van der Waals surface area contributed by atoms with Gasteiger partial charge in [0.2, 0.25) is 9.84 Å². The van der Waals surface area contributed by atoms with Crippen LogP contribution in [0, 0.1) is 7.14 Å². The average molecular weight is 562 g/mol. The fraction of sp³-hybridized carbons (Fsp3) is 0.278. The summed E-state index contributed by atoms with van der Waals surface area (Å²) in [4.78, 5) is 13.5. The molecule has 2 aliphatic carbocycles. The first-order valence-electron chi connectivity index (χ1n) is 7.85. The van der Waals surface area contributed by atoms with Crippen molar-refractivity contribution in [2.45, 2.75) is 40.9 Å². The van der Waals surface area contributed by atoms with Gasteiger partial charge >= 0.3 is 0 Å². The molecule has 0 aromatic heterocycles. The topological polar surface area (TPSA) is 51.2 Å². The number of halogens is 2. The average Bonchev–Trinajstić information content (AvgIpc) is 3.16. The van der Waals surface area contributed by atoms with E-state index in [1.807, 2.05) is 6.07 Å². The van der Waals surface area contributed by atoms with Crippen LogP contribution in [0.2, 0.25) is 0 Å². The van der Waals surface area contributed by atoms with E-state index < -0.39 is 9.84 Å². The van der Waals surface area contributed by atoms with Gasteiger partial charge in [-0.05, 0) is 112 Å². The minimum Gasteiger partial charge on any atom is -0.288 e. The van der Waals surface area contributed by atoms with Gasteiger partial charge in [-0.25, -0.2) is 8.42 Å². The molecule has 3 nitrogen and oxygen atoms in total. The summed E-state index contributed by atoms with van der Waals surface area (Å²) in [6.07, 6.45) is 3.40. The smallest absolute Gasteiger partial charge is 0.208 e. The van der Waals surface area contributed by atoms with Gasteiger partial charge in [0.05, 0.1) is 15.4 Å². The van der Waals surface area contributed by atoms with Crippen LogP contribution in [0.15, 0.2) is 34.1 Å². The lowest BCUT2D eigenvalue weighted by atomic mass is 9.88. The molecule has 1 heterocycles. The highest BCUT2D eigenvalue weighted by Gasteiger charge is 2.42. The third-order valence-corrected chi connectivity index (χ3v) is 10.5. The Hall–Kier alpha value is -0.480. The van der Waals surface area contributed by atoms with Crippen LogP contribution in [-0.2, 0) is 9.84 Å². The third-order valence-electron chi connectivity index (χ3n) is 5.60. The summed E-state index contributed by atoms with van der Waals surface area (Å²) in [7, 11) is -3.64. The highest BCUT2D eigenvalue weighted by molar-refractivity contribution is 14.1. The van der Waals surface area contributed by atoms with Crippen molar-refractivity contribution in [3.63, 3.8) is 0 Å². The molecule has 2 aromatic rings. The molecule has 122 valence electrons. The van der Waals surface area contributed by atoms with Crippen molar-refractivity contribution in [2.75, 3.05) is 0 Å². The number of rotatable bonds is 0. The van der Waals surface area contributed by atoms with Gasteiger partial charge < -0.3 is 0 Å². The Morgan fingerprint density at radius 2 is 1.62 bits per heavy atom. The van der Waals surface area contributed by atoms with Crippen molar-refractivity contribution in [3.8, 4) is 0 Å². The first kappa shape index (κ1) is 15.7. The SMILES string of the molecule is O=C1c2cc3c(cc2S(=O)(=O)c2ccc(I)c(I)c21)C1CCC3C1. The Kier molecular flexibility index (Phi) is 3.30. The number of fused-ring (bicyclic) bond motifs is 7. The molecule has 2 aromatic carbocycles. The Morgan fingerprint density at radius 3 is 2.33 bits per heavy atom. The lowest BCUT2D eigenvalue weighted by molar-refractivity contribution is 0.103. The van der Waals surface area contributed by atoms with E-state index in [9.17, 15) is 13.2 Å². The molecule has 2 bridgehead atoms. The molecule has 0 spiro atoms. The zero-order valence-electron chi connectivity index (χ0n) is 12.5. The van der Waals surface area contributed by atoms with Gasteiger partial charge in [0.1, 0.15) is 0 Å². The molecule has 6 heteroatoms. The van der Waals surface area contributed by atoms with Gasteiger partial charge in [-0.15, -0.1) is 0 Å². The van der Waals surface area contributed by atoms with Crippen LogP contribution in [0.25, 0.3) is 0 Å². The van der Waals surface area contributed by atoms with Crippen molar-refractivity contribution in [1.82, 2.24) is 0 Å². The number of carbonyl (C=O) groups excluding carboxylic acids is 1. The number of hydrogen-bond acceptors (Lipinski definition) is 3. The number of benzene rings is 2. The van der Waals surface area contributed by atoms with Crippen LogP contribution in [0.5, 0.6) is 0 Å². The zero-order valence-corrected chi connectivity index (χ0v) is 17.6. The van der Waals surface area contributed by atoms with E-state index in [0.29, 0.717) is 23.0 Å². The fourth-order valence-electron chi connectivity index (χ4n) is 4.49. The molecule has 0 amide bonds. The van der Waals surface area contributed by atoms with E-state index in [4.69, 9.17) is 0 Å². The summed E-state index contributed by atoms with van der Waals surface area (Å²) in [6.45, 7) is 0. The van der Waals surface area contributed by atoms with Gasteiger partial charge in [-0.2, -0.15) is 0 Å². The normalized spacial score (nSPS) is 25.3. The minimum atomic E-state index is -3.64. The van der Waals surface area contributed by atoms with Crippen LogP contribution in [0.1, 0.15) is 58.1 Å². The second-order valence-corrected chi connectivity index (χ2v) is 10.9. The van der Waals surface area contributed by atoms with Crippen molar-refractivity contribution < 1.29 is 13.2 Å². The minimum absolute atomic E-state index is 0.150. The number of carbonyl (C=O) groups is 1. The Labute approximate surface area is 167 Å². The van der Waals surface area contributed by atoms with Crippen LogP contribution < -0.4 is 0 Å². The second kappa shape index (κ2) is 5.03. The summed E-state index contributed by atoms with van der Waals surface area (Å²) in [5.74, 6) is 0.823. The number of hydrogen-bond donors (Lipinski definition) is 0. The van der Waals surface area contributed by atoms with Crippen LogP contribution in [0.3, 0.4) is 0 Å². The molecular formula is C18H12I2O3S. The summed E-state index contributed by atoms with van der Waals surface area (Å²) in [6, 6.07) is 7.03. The van der Waals surface area contributed by atoms with Crippen molar-refractivity contribution >= 4 is 60.8 Å². The van der Waals surface area contributed by atoms with E-state index >= 15 is 0 Å². The summed E-state index contributed by atoms with van der Waals surface area (Å²) >= 11 is 4.22. The van der Waals surface area contributed by atoms with E-state index in [2.05, 4.69) is 45.2 Å². The molecule has 1 fully saturated rings. The molecule has 1 aliphatic heterocycles. The second-order valence-electron chi connectivity index (χ2n) is 6.75. The monoisotopic (exact) mass is 562 g/mol. The van der Waals surface area contributed by atoms with Crippen LogP contribution in [-0.4, -0.2) is 14.2 Å². The van der Waals surface area contributed by atoms with E-state index in [1.54, 1.807) is 18.2 Å². The first-order valence-corrected chi connectivity index (χ1v) is 11.5. The maximum absolute atomic E-state index is 13.2. The quantitative estimate of drug-likeness (QED) is 0.376. The zero-order chi connectivity index (χ0) is 16.8. The van der Waals surface area contributed by atoms with E-state index in [-0.39, 0.29) is 15.6 Å². The summed E-state index contributed by atoms with van der Waals surface area (Å²) in [5.41, 5.74) is 3.08. The molecule has 0 saturated heterocycles. The molecule has 24 heavy (non-hydrogen) atoms. The fourth-order valence-corrected chi connectivity index (χ4v) is 7.51. The molecule has 0 radical (unpaired) electrons. The Bertz CT molecular complexity index is 1060. The first-order chi connectivity index (χ1) is 11.4. The Balaban J connectivity index is 1.85. The molecule has 5 rings (SSSR count). The Morgan fingerprint density at radius 1 is 0.958 bits per heavy atom. The van der Waals surface area contributed by atoms with Gasteiger partial charge in [0, 0.05) is 12.7 Å². The van der Waals surface area contributed by atoms with E-state index in [1.165, 1.54) is 5.56 Å². The van der Waals surface area contributed by atoms with Crippen molar-refractivity contribution in [3.05, 3.63) is 53.7 Å². The third kappa shape index (κ3) is 1.87. The summed E-state index contributed by atoms with van der Waals surface area (Å²) in [5, 5.41) is 0. The maximum atomic E-state index is 13.2. The van der Waals surface area contributed by atoms with Crippen molar-refractivity contribution in [1.29, 1.82) is 0 Å². The lowest BCUT2D eigenvalue weighted by Gasteiger charge is -2.24. The number of ketones is 1. The highest BCUT2D eigenvalue weighted by Crippen LogP contribution is 2.54. The predicted octanol–water partition coefficient (Wildman–Crippen LogP) is 4.64. The molecule has 1 saturated carbocycles. The van der Waals surface area contributed by atoms with Gasteiger partial charge in [-0.1, -0.05) is 0 Å². The van der Waals surface area contributed by atoms with Crippen LogP contribution >= 0.6 is 45.2 Å². The largest absolute Gasteiger partial charge is 0.288 e. The maximum Gasteiger partial charge on any atom is 0.208 e. The standard InChI is InChI=1S/C18H12I2O3S/c19-13-3-4-14-16(17(13)20)18(21)12-6-10-8-1-2-9(5-8)11(10)7-15(12)24(14,22)23/h3-4,6-9H,1-2,5H2. The molecule has 0 N–H and O–H groups in total. The molecular weight excluding hydrogens is 550 g/mol. The molecule has 3 aliphatic rings. The van der Waals surface area contributed by atoms with Crippen molar-refractivity contribution in [2.24, 2.45) is 0 Å². The van der Waals surface area contributed by atoms with Gasteiger partial charge in [0.15, 0.2) is 5.78 Å². The van der Waals surface area contributed by atoms with Gasteiger partial charge in [0.25, 0.3) is 0 Å². The molecule has 2 unspecified atom stereocenters. The number of sulfone groups is 1.